The van der Waals surface area contributed by atoms with Crippen LogP contribution in [0.3, 0.4) is 0 Å². The molecule has 1 heterocycles. The van der Waals surface area contributed by atoms with Gasteiger partial charge in [-0.25, -0.2) is 10.9 Å². The fraction of sp³-hybridized carbons (Fsp3) is 0.935. The number of hydrogen-bond acceptors (Lipinski definition) is 7. The average Bonchev–Trinajstić information content (AvgIpc) is 3.58. The van der Waals surface area contributed by atoms with Gasteiger partial charge in [-0.2, -0.15) is 0 Å². The highest BCUT2D eigenvalue weighted by atomic mass is 16.3. The molecule has 1 saturated heterocycles. The molecule has 11 heteroatoms. The van der Waals surface area contributed by atoms with Crippen molar-refractivity contribution in [3.8, 4) is 0 Å². The standard InChI is InChI=1S/C31H53N7O4/c1-18(5-8-26(41)35-24(11-14-31(4)36-37-31)28(42)33-17-34-38-32)21-6-7-22-27-23(10-13-30(21,22)3)29(2)12-9-20(39)15-19(29)16-25(27)40/h18-25,27,36-37,39-40H,5-17H2,1-4H3,(H,33,42)(H,35,41). The first-order valence-electron chi connectivity index (χ1n) is 16.4. The molecular weight excluding hydrogens is 534 g/mol. The molecule has 11 atom stereocenters. The van der Waals surface area contributed by atoms with Crippen LogP contribution in [0.15, 0.2) is 5.11 Å². The Bertz CT molecular complexity index is 1060. The minimum Gasteiger partial charge on any atom is -0.393 e. The third-order valence-corrected chi connectivity index (χ3v) is 12.8. The van der Waals surface area contributed by atoms with E-state index in [1.807, 2.05) is 6.92 Å². The summed E-state index contributed by atoms with van der Waals surface area (Å²) in [5, 5.41) is 30.8. The lowest BCUT2D eigenvalue weighted by Gasteiger charge is -2.62. The molecule has 0 spiro atoms. The van der Waals surface area contributed by atoms with Gasteiger partial charge in [0.05, 0.1) is 24.5 Å². The van der Waals surface area contributed by atoms with E-state index in [2.05, 4.69) is 52.3 Å². The Labute approximate surface area is 250 Å². The molecule has 0 radical (unpaired) electrons. The van der Waals surface area contributed by atoms with Crippen molar-refractivity contribution in [3.05, 3.63) is 10.4 Å². The number of hydrazine groups is 1. The zero-order valence-corrected chi connectivity index (χ0v) is 25.9. The van der Waals surface area contributed by atoms with E-state index >= 15 is 0 Å². The summed E-state index contributed by atoms with van der Waals surface area (Å²) in [6, 6.07) is -0.690. The molecule has 4 saturated carbocycles. The molecular formula is C31H53N7O4. The van der Waals surface area contributed by atoms with Gasteiger partial charge < -0.3 is 20.8 Å². The Morgan fingerprint density at radius 1 is 1.02 bits per heavy atom. The molecule has 5 aliphatic rings. The second-order valence-corrected chi connectivity index (χ2v) is 15.1. The van der Waals surface area contributed by atoms with E-state index in [9.17, 15) is 19.8 Å². The van der Waals surface area contributed by atoms with Crippen molar-refractivity contribution in [1.82, 2.24) is 21.5 Å². The third kappa shape index (κ3) is 6.18. The Morgan fingerprint density at radius 3 is 2.45 bits per heavy atom. The average molecular weight is 588 g/mol. The van der Waals surface area contributed by atoms with E-state index in [1.165, 1.54) is 6.42 Å². The topological polar surface area (TPSA) is 191 Å². The largest absolute Gasteiger partial charge is 0.393 e. The van der Waals surface area contributed by atoms with Crippen molar-refractivity contribution >= 4 is 11.8 Å². The van der Waals surface area contributed by atoms with Gasteiger partial charge in [0, 0.05) is 11.3 Å². The summed E-state index contributed by atoms with van der Waals surface area (Å²) in [5.74, 6) is 2.20. The van der Waals surface area contributed by atoms with Gasteiger partial charge in [-0.05, 0) is 129 Å². The predicted octanol–water partition coefficient (Wildman–Crippen LogP) is 3.87. The van der Waals surface area contributed by atoms with Crippen molar-refractivity contribution in [3.63, 3.8) is 0 Å². The van der Waals surface area contributed by atoms with Crippen LogP contribution in [0.1, 0.15) is 105 Å². The van der Waals surface area contributed by atoms with E-state index in [4.69, 9.17) is 5.53 Å². The highest BCUT2D eigenvalue weighted by molar-refractivity contribution is 5.87. The van der Waals surface area contributed by atoms with E-state index in [-0.39, 0.29) is 47.2 Å². The number of carbonyl (C=O) groups excluding carboxylic acids is 2. The van der Waals surface area contributed by atoms with Gasteiger partial charge >= 0.3 is 0 Å². The lowest BCUT2D eigenvalue weighted by atomic mass is 9.43. The first-order valence-corrected chi connectivity index (χ1v) is 16.4. The second-order valence-electron chi connectivity index (χ2n) is 15.1. The number of aliphatic hydroxyl groups is 2. The first kappa shape index (κ1) is 31.5. The summed E-state index contributed by atoms with van der Waals surface area (Å²) >= 11 is 0. The number of nitrogens with zero attached hydrogens (tertiary/aromatic N) is 3. The van der Waals surface area contributed by atoms with Crippen molar-refractivity contribution in [2.75, 3.05) is 6.67 Å². The zero-order valence-electron chi connectivity index (χ0n) is 25.9. The summed E-state index contributed by atoms with van der Waals surface area (Å²) in [7, 11) is 0. The fourth-order valence-corrected chi connectivity index (χ4v) is 10.2. The second kappa shape index (κ2) is 12.2. The SMILES string of the molecule is CC(CCC(=O)NC(CCC1(C)NN1)C(=O)NCN=[N+]=[N-])C1CCC2C3C(O)CC4CC(O)CCC4(C)C3CCC12C. The van der Waals surface area contributed by atoms with Crippen LogP contribution in [0.2, 0.25) is 0 Å². The molecule has 236 valence electrons. The first-order chi connectivity index (χ1) is 19.9. The molecule has 1 aliphatic heterocycles. The van der Waals surface area contributed by atoms with Crippen molar-refractivity contribution in [2.24, 2.45) is 51.5 Å². The number of fused-ring (bicyclic) bond motifs is 5. The van der Waals surface area contributed by atoms with Gasteiger partial charge in [0.2, 0.25) is 11.8 Å². The van der Waals surface area contributed by atoms with Crippen LogP contribution >= 0.6 is 0 Å². The Balaban J connectivity index is 1.18. The molecule has 5 fully saturated rings. The van der Waals surface area contributed by atoms with Crippen molar-refractivity contribution in [2.45, 2.75) is 129 Å². The Kier molecular flexibility index (Phi) is 9.18. The number of nitrogens with one attached hydrogen (secondary N) is 4. The molecule has 6 N–H and O–H groups in total. The summed E-state index contributed by atoms with van der Waals surface area (Å²) in [5.41, 5.74) is 14.8. The molecule has 42 heavy (non-hydrogen) atoms. The van der Waals surface area contributed by atoms with Crippen LogP contribution in [0.4, 0.5) is 0 Å². The lowest BCUT2D eigenvalue weighted by Crippen LogP contribution is -2.58. The maximum atomic E-state index is 13.1. The van der Waals surface area contributed by atoms with Crippen LogP contribution < -0.4 is 21.5 Å². The number of carbonyl (C=O) groups is 2. The molecule has 4 aliphatic carbocycles. The van der Waals surface area contributed by atoms with E-state index in [1.54, 1.807) is 0 Å². The van der Waals surface area contributed by atoms with Gasteiger partial charge in [0.15, 0.2) is 0 Å². The maximum Gasteiger partial charge on any atom is 0.242 e. The van der Waals surface area contributed by atoms with E-state index < -0.39 is 6.04 Å². The molecule has 11 unspecified atom stereocenters. The molecule has 0 aromatic rings. The highest BCUT2D eigenvalue weighted by Gasteiger charge is 2.62. The molecule has 0 aromatic carbocycles. The number of azide groups is 1. The van der Waals surface area contributed by atoms with E-state index in [0.717, 1.165) is 51.4 Å². The van der Waals surface area contributed by atoms with E-state index in [0.29, 0.717) is 54.8 Å². The summed E-state index contributed by atoms with van der Waals surface area (Å²) in [4.78, 5) is 28.5. The Morgan fingerprint density at radius 2 is 1.74 bits per heavy atom. The van der Waals surface area contributed by atoms with Crippen LogP contribution in [0.5, 0.6) is 0 Å². The van der Waals surface area contributed by atoms with Gasteiger partial charge in [-0.15, -0.1) is 0 Å². The minimum atomic E-state index is -0.690. The third-order valence-electron chi connectivity index (χ3n) is 12.8. The van der Waals surface area contributed by atoms with Crippen LogP contribution in [0, 0.1) is 46.3 Å². The van der Waals surface area contributed by atoms with Gasteiger partial charge in [-0.3, -0.25) is 9.59 Å². The summed E-state index contributed by atoms with van der Waals surface area (Å²) < 4.78 is 0. The highest BCUT2D eigenvalue weighted by Crippen LogP contribution is 2.68. The van der Waals surface area contributed by atoms with Crippen LogP contribution in [-0.4, -0.2) is 52.6 Å². The van der Waals surface area contributed by atoms with Crippen LogP contribution in [-0.2, 0) is 9.59 Å². The zero-order chi connectivity index (χ0) is 30.3. The quantitative estimate of drug-likeness (QED) is 0.0920. The molecule has 5 rings (SSSR count). The fourth-order valence-electron chi connectivity index (χ4n) is 10.2. The van der Waals surface area contributed by atoms with Gasteiger partial charge in [0.1, 0.15) is 6.04 Å². The van der Waals surface area contributed by atoms with Gasteiger partial charge in [0.25, 0.3) is 0 Å². The smallest absolute Gasteiger partial charge is 0.242 e. The molecule has 2 amide bonds. The minimum absolute atomic E-state index is 0.128. The number of rotatable bonds is 11. The lowest BCUT2D eigenvalue weighted by molar-refractivity contribution is -0.174. The monoisotopic (exact) mass is 587 g/mol. The predicted molar refractivity (Wildman–Crippen MR) is 159 cm³/mol. The number of amides is 2. The number of aliphatic hydroxyl groups excluding tert-OH is 2. The van der Waals surface area contributed by atoms with Crippen LogP contribution in [0.25, 0.3) is 10.4 Å². The molecule has 0 aromatic heterocycles. The maximum absolute atomic E-state index is 13.1. The number of hydrogen-bond donors (Lipinski definition) is 6. The van der Waals surface area contributed by atoms with Crippen molar-refractivity contribution in [1.29, 1.82) is 0 Å². The molecule has 0 bridgehead atoms. The normalized spacial score (nSPS) is 41.2. The summed E-state index contributed by atoms with van der Waals surface area (Å²) in [6.45, 7) is 9.04. The van der Waals surface area contributed by atoms with Gasteiger partial charge in [-0.1, -0.05) is 25.9 Å². The Hall–Kier alpha value is -1.91. The molecule has 11 nitrogen and oxygen atoms in total. The summed E-state index contributed by atoms with van der Waals surface area (Å²) in [6.07, 6.45) is 9.99. The van der Waals surface area contributed by atoms with Crippen molar-refractivity contribution < 1.29 is 19.8 Å².